The van der Waals surface area contributed by atoms with Gasteiger partial charge < -0.3 is 19.4 Å². The number of rotatable bonds is 3. The zero-order chi connectivity index (χ0) is 26.1. The number of carbonyl (C=O) groups is 2. The van der Waals surface area contributed by atoms with Crippen molar-refractivity contribution in [3.05, 3.63) is 45.9 Å². The van der Waals surface area contributed by atoms with Crippen molar-refractivity contribution in [2.45, 2.75) is 51.3 Å². The summed E-state index contributed by atoms with van der Waals surface area (Å²) in [6.07, 6.45) is -3.17. The first-order valence-corrected chi connectivity index (χ1v) is 12.9. The number of piperazine rings is 1. The minimum atomic E-state index is -4.39. The van der Waals surface area contributed by atoms with Gasteiger partial charge in [-0.25, -0.2) is 9.78 Å². The first kappa shape index (κ1) is 26.2. The summed E-state index contributed by atoms with van der Waals surface area (Å²) >= 11 is 1.46. The Morgan fingerprint density at radius 3 is 2.28 bits per heavy atom. The summed E-state index contributed by atoms with van der Waals surface area (Å²) in [4.78, 5) is 35.2. The lowest BCUT2D eigenvalue weighted by Crippen LogP contribution is -2.49. The number of hydrogen-bond acceptors (Lipinski definition) is 6. The predicted octanol–water partition coefficient (Wildman–Crippen LogP) is 5.24. The molecule has 2 aliphatic rings. The topological polar surface area (TPSA) is 66.0 Å². The van der Waals surface area contributed by atoms with Crippen molar-refractivity contribution in [3.63, 3.8) is 0 Å². The van der Waals surface area contributed by atoms with Gasteiger partial charge in [-0.2, -0.15) is 13.2 Å². The van der Waals surface area contributed by atoms with E-state index in [1.165, 1.54) is 17.4 Å². The number of halogens is 3. The van der Waals surface area contributed by atoms with Gasteiger partial charge in [0.1, 0.15) is 11.3 Å². The zero-order valence-corrected chi connectivity index (χ0v) is 21.5. The van der Waals surface area contributed by atoms with Crippen LogP contribution in [-0.2, 0) is 10.9 Å². The van der Waals surface area contributed by atoms with Crippen LogP contribution in [0.25, 0.3) is 0 Å². The Kier molecular flexibility index (Phi) is 7.49. The molecule has 0 unspecified atom stereocenters. The maximum Gasteiger partial charge on any atom is 0.416 e. The van der Waals surface area contributed by atoms with E-state index in [9.17, 15) is 22.8 Å². The lowest BCUT2D eigenvalue weighted by Gasteiger charge is -2.36. The van der Waals surface area contributed by atoms with Crippen LogP contribution in [0, 0.1) is 0 Å². The number of anilines is 1. The Morgan fingerprint density at radius 2 is 1.67 bits per heavy atom. The zero-order valence-electron chi connectivity index (χ0n) is 20.7. The van der Waals surface area contributed by atoms with Gasteiger partial charge in [0, 0.05) is 56.3 Å². The van der Waals surface area contributed by atoms with Gasteiger partial charge in [-0.1, -0.05) is 6.07 Å². The molecule has 0 spiro atoms. The quantitative estimate of drug-likeness (QED) is 0.550. The fourth-order valence-corrected chi connectivity index (χ4v) is 5.38. The van der Waals surface area contributed by atoms with Gasteiger partial charge in [-0.05, 0) is 51.8 Å². The summed E-state index contributed by atoms with van der Waals surface area (Å²) in [7, 11) is 0. The summed E-state index contributed by atoms with van der Waals surface area (Å²) < 4.78 is 44.6. The number of benzene rings is 1. The molecule has 7 nitrogen and oxygen atoms in total. The number of ether oxygens (including phenoxy) is 1. The Labute approximate surface area is 212 Å². The monoisotopic (exact) mass is 524 g/mol. The Bertz CT molecular complexity index is 1080. The molecule has 11 heteroatoms. The molecule has 0 aliphatic carbocycles. The predicted molar refractivity (Wildman–Crippen MR) is 131 cm³/mol. The second kappa shape index (κ2) is 10.3. The van der Waals surface area contributed by atoms with Crippen LogP contribution in [0.15, 0.2) is 29.6 Å². The molecule has 2 aromatic rings. The largest absolute Gasteiger partial charge is 0.444 e. The van der Waals surface area contributed by atoms with E-state index >= 15 is 0 Å². The highest BCUT2D eigenvalue weighted by molar-refractivity contribution is 7.09. The number of piperidine rings is 1. The molecule has 2 aliphatic heterocycles. The molecule has 1 aromatic carbocycles. The van der Waals surface area contributed by atoms with Gasteiger partial charge in [0.2, 0.25) is 0 Å². The maximum absolute atomic E-state index is 13.0. The second-order valence-electron chi connectivity index (χ2n) is 10.1. The lowest BCUT2D eigenvalue weighted by atomic mass is 9.98. The summed E-state index contributed by atoms with van der Waals surface area (Å²) in [6.45, 7) is 8.43. The van der Waals surface area contributed by atoms with Crippen molar-refractivity contribution >= 4 is 29.0 Å². The van der Waals surface area contributed by atoms with Crippen molar-refractivity contribution in [2.75, 3.05) is 44.2 Å². The molecule has 2 saturated heterocycles. The third kappa shape index (κ3) is 6.29. The standard InChI is InChI=1S/C25H31F3N4O3S/c1-24(2,3)35-23(34)32-9-7-17(8-10-32)21-29-20(16-36-21)22(33)31-13-11-30(12-14-31)19-6-4-5-18(15-19)25(26,27)28/h4-6,15-17H,7-14H2,1-3H3. The second-order valence-corrected chi connectivity index (χ2v) is 11.0. The van der Waals surface area contributed by atoms with E-state index in [2.05, 4.69) is 4.98 Å². The minimum Gasteiger partial charge on any atom is -0.444 e. The number of likely N-dealkylation sites (tertiary alicyclic amines) is 1. The third-order valence-corrected chi connectivity index (χ3v) is 7.35. The average molecular weight is 525 g/mol. The number of amides is 2. The van der Waals surface area contributed by atoms with E-state index in [0.29, 0.717) is 50.6 Å². The molecule has 3 heterocycles. The van der Waals surface area contributed by atoms with Crippen molar-refractivity contribution in [2.24, 2.45) is 0 Å². The number of thiazole rings is 1. The van der Waals surface area contributed by atoms with Crippen LogP contribution in [0.4, 0.5) is 23.7 Å². The summed E-state index contributed by atoms with van der Waals surface area (Å²) in [5.74, 6) is 0.0281. The van der Waals surface area contributed by atoms with Crippen molar-refractivity contribution in [3.8, 4) is 0 Å². The molecule has 0 N–H and O–H groups in total. The Hall–Kier alpha value is -2.82. The summed E-state index contributed by atoms with van der Waals surface area (Å²) in [5, 5.41) is 2.67. The van der Waals surface area contributed by atoms with Crippen LogP contribution < -0.4 is 4.90 Å². The lowest BCUT2D eigenvalue weighted by molar-refractivity contribution is -0.137. The van der Waals surface area contributed by atoms with Gasteiger partial charge in [0.25, 0.3) is 5.91 Å². The maximum atomic E-state index is 13.0. The SMILES string of the molecule is CC(C)(C)OC(=O)N1CCC(c2nc(C(=O)N3CCN(c4cccc(C(F)(F)F)c4)CC3)cs2)CC1. The number of nitrogens with zero attached hydrogens (tertiary/aromatic N) is 4. The van der Waals surface area contributed by atoms with E-state index in [-0.39, 0.29) is 17.9 Å². The highest BCUT2D eigenvalue weighted by Gasteiger charge is 2.32. The first-order chi connectivity index (χ1) is 16.9. The van der Waals surface area contributed by atoms with Gasteiger partial charge >= 0.3 is 12.3 Å². The van der Waals surface area contributed by atoms with Crippen LogP contribution in [0.2, 0.25) is 0 Å². The smallest absolute Gasteiger partial charge is 0.416 e. The summed E-state index contributed by atoms with van der Waals surface area (Å²) in [5.41, 5.74) is -0.301. The number of alkyl halides is 3. The number of aromatic nitrogens is 1. The van der Waals surface area contributed by atoms with Crippen LogP contribution in [-0.4, -0.2) is 71.7 Å². The molecule has 0 bridgehead atoms. The third-order valence-electron chi connectivity index (χ3n) is 6.34. The highest BCUT2D eigenvalue weighted by atomic mass is 32.1. The van der Waals surface area contributed by atoms with E-state index in [1.807, 2.05) is 25.7 Å². The van der Waals surface area contributed by atoms with E-state index in [0.717, 1.165) is 30.0 Å². The molecule has 196 valence electrons. The Balaban J connectivity index is 1.30. The van der Waals surface area contributed by atoms with Crippen LogP contribution >= 0.6 is 11.3 Å². The van der Waals surface area contributed by atoms with Gasteiger partial charge in [0.05, 0.1) is 10.6 Å². The van der Waals surface area contributed by atoms with Gasteiger partial charge in [-0.3, -0.25) is 4.79 Å². The molecule has 0 radical (unpaired) electrons. The number of carbonyl (C=O) groups excluding carboxylic acids is 2. The Morgan fingerprint density at radius 1 is 1.00 bits per heavy atom. The molecule has 1 aromatic heterocycles. The van der Waals surface area contributed by atoms with Crippen molar-refractivity contribution < 1.29 is 27.5 Å². The molecule has 2 fully saturated rings. The van der Waals surface area contributed by atoms with Gasteiger partial charge in [0.15, 0.2) is 0 Å². The average Bonchev–Trinajstić information content (AvgIpc) is 3.33. The molecular formula is C25H31F3N4O3S. The molecule has 0 saturated carbocycles. The first-order valence-electron chi connectivity index (χ1n) is 12.1. The van der Waals surface area contributed by atoms with E-state index in [4.69, 9.17) is 4.74 Å². The molecular weight excluding hydrogens is 493 g/mol. The van der Waals surface area contributed by atoms with E-state index in [1.54, 1.807) is 21.2 Å². The number of hydrogen-bond donors (Lipinski definition) is 0. The normalized spacial score (nSPS) is 17.9. The van der Waals surface area contributed by atoms with Crippen molar-refractivity contribution in [1.82, 2.24) is 14.8 Å². The van der Waals surface area contributed by atoms with Gasteiger partial charge in [-0.15, -0.1) is 11.3 Å². The van der Waals surface area contributed by atoms with Crippen molar-refractivity contribution in [1.29, 1.82) is 0 Å². The van der Waals surface area contributed by atoms with Crippen LogP contribution in [0.1, 0.15) is 60.6 Å². The molecule has 4 rings (SSSR count). The minimum absolute atomic E-state index is 0.160. The van der Waals surface area contributed by atoms with Crippen LogP contribution in [0.5, 0.6) is 0 Å². The van der Waals surface area contributed by atoms with Crippen LogP contribution in [0.3, 0.4) is 0 Å². The summed E-state index contributed by atoms with van der Waals surface area (Å²) in [6, 6.07) is 5.28. The fraction of sp³-hybridized carbons (Fsp3) is 0.560. The molecule has 2 amide bonds. The molecule has 36 heavy (non-hydrogen) atoms. The van der Waals surface area contributed by atoms with E-state index < -0.39 is 17.3 Å². The molecule has 0 atom stereocenters. The highest BCUT2D eigenvalue weighted by Crippen LogP contribution is 2.33. The fourth-order valence-electron chi connectivity index (χ4n) is 4.42.